The molecule has 1 aromatic heterocycles. The topological polar surface area (TPSA) is 86.6 Å². The van der Waals surface area contributed by atoms with Gasteiger partial charge in [0.05, 0.1) is 11.0 Å². The largest absolute Gasteiger partial charge is 0.480 e. The number of rotatable bonds is 4. The van der Waals surface area contributed by atoms with Crippen molar-refractivity contribution in [3.63, 3.8) is 0 Å². The number of amides is 1. The maximum atomic E-state index is 12.0. The second kappa shape index (κ2) is 5.38. The average molecular weight is 279 g/mol. The number of aliphatic hydroxyl groups is 1. The molecule has 2 atom stereocenters. The van der Waals surface area contributed by atoms with E-state index in [0.29, 0.717) is 4.88 Å². The summed E-state index contributed by atoms with van der Waals surface area (Å²) in [6, 6.07) is 7.91. The van der Waals surface area contributed by atoms with Gasteiger partial charge in [0, 0.05) is 4.70 Å². The zero-order chi connectivity index (χ0) is 14.0. The first-order valence-corrected chi connectivity index (χ1v) is 6.51. The van der Waals surface area contributed by atoms with E-state index in [1.54, 1.807) is 6.07 Å². The lowest BCUT2D eigenvalue weighted by Crippen LogP contribution is -2.47. The van der Waals surface area contributed by atoms with Gasteiger partial charge in [-0.25, -0.2) is 4.79 Å². The van der Waals surface area contributed by atoms with Gasteiger partial charge in [-0.15, -0.1) is 11.3 Å². The Morgan fingerprint density at radius 2 is 2.00 bits per heavy atom. The van der Waals surface area contributed by atoms with E-state index in [9.17, 15) is 14.7 Å². The van der Waals surface area contributed by atoms with Crippen LogP contribution >= 0.6 is 11.3 Å². The lowest BCUT2D eigenvalue weighted by molar-refractivity contribution is -0.141. The highest BCUT2D eigenvalue weighted by molar-refractivity contribution is 7.20. The molecule has 100 valence electrons. The number of carboxylic acids is 1. The van der Waals surface area contributed by atoms with Crippen molar-refractivity contribution < 1.29 is 19.8 Å². The predicted molar refractivity (Wildman–Crippen MR) is 72.4 cm³/mol. The molecule has 19 heavy (non-hydrogen) atoms. The molecule has 2 rings (SSSR count). The van der Waals surface area contributed by atoms with E-state index >= 15 is 0 Å². The van der Waals surface area contributed by atoms with Gasteiger partial charge in [-0.2, -0.15) is 0 Å². The summed E-state index contributed by atoms with van der Waals surface area (Å²) in [4.78, 5) is 23.3. The maximum absolute atomic E-state index is 12.0. The quantitative estimate of drug-likeness (QED) is 0.791. The first-order chi connectivity index (χ1) is 8.99. The molecule has 0 aliphatic carbocycles. The Morgan fingerprint density at radius 1 is 1.32 bits per heavy atom. The van der Waals surface area contributed by atoms with E-state index < -0.39 is 24.0 Å². The Balaban J connectivity index is 2.21. The van der Waals surface area contributed by atoms with Crippen LogP contribution in [0.25, 0.3) is 10.1 Å². The van der Waals surface area contributed by atoms with Gasteiger partial charge < -0.3 is 15.5 Å². The number of fused-ring (bicyclic) bond motifs is 1. The molecule has 2 aromatic rings. The van der Waals surface area contributed by atoms with Crippen LogP contribution in [0.2, 0.25) is 0 Å². The van der Waals surface area contributed by atoms with Crippen LogP contribution in [0.5, 0.6) is 0 Å². The molecule has 0 aliphatic rings. The standard InChI is InChI=1S/C13H13NO4S/c1-7(15)11(13(17)18)14-12(16)10-6-8-4-2-3-5-9(8)19-10/h2-7,11,15H,1H3,(H,14,16)(H,17,18). The molecular formula is C13H13NO4S. The fraction of sp³-hybridized carbons (Fsp3) is 0.231. The Morgan fingerprint density at radius 3 is 2.58 bits per heavy atom. The molecule has 1 heterocycles. The molecule has 0 aliphatic heterocycles. The zero-order valence-electron chi connectivity index (χ0n) is 10.2. The Labute approximate surface area is 113 Å². The van der Waals surface area contributed by atoms with E-state index in [4.69, 9.17) is 5.11 Å². The minimum absolute atomic E-state index is 0.424. The van der Waals surface area contributed by atoms with Crippen molar-refractivity contribution in [2.45, 2.75) is 19.1 Å². The lowest BCUT2D eigenvalue weighted by Gasteiger charge is -2.16. The highest BCUT2D eigenvalue weighted by Crippen LogP contribution is 2.25. The molecule has 1 amide bonds. The fourth-order valence-electron chi connectivity index (χ4n) is 1.69. The third-order valence-corrected chi connectivity index (χ3v) is 3.80. The molecule has 5 nitrogen and oxygen atoms in total. The second-order valence-electron chi connectivity index (χ2n) is 4.18. The number of carbonyl (C=O) groups is 2. The molecular weight excluding hydrogens is 266 g/mol. The van der Waals surface area contributed by atoms with E-state index in [1.165, 1.54) is 18.3 Å². The molecule has 0 radical (unpaired) electrons. The Hall–Kier alpha value is -1.92. The summed E-state index contributed by atoms with van der Waals surface area (Å²) < 4.78 is 0.955. The summed E-state index contributed by atoms with van der Waals surface area (Å²) in [6.45, 7) is 1.32. The van der Waals surface area contributed by atoms with Gasteiger partial charge in [-0.1, -0.05) is 18.2 Å². The minimum atomic E-state index is -1.31. The number of aliphatic carboxylic acids is 1. The molecule has 6 heteroatoms. The zero-order valence-corrected chi connectivity index (χ0v) is 11.0. The van der Waals surface area contributed by atoms with Crippen LogP contribution in [0.3, 0.4) is 0 Å². The number of hydrogen-bond acceptors (Lipinski definition) is 4. The minimum Gasteiger partial charge on any atom is -0.480 e. The predicted octanol–water partition coefficient (Wildman–Crippen LogP) is 1.47. The van der Waals surface area contributed by atoms with Crippen LogP contribution in [0, 0.1) is 0 Å². The van der Waals surface area contributed by atoms with Gasteiger partial charge >= 0.3 is 5.97 Å². The molecule has 0 saturated heterocycles. The number of benzene rings is 1. The molecule has 0 fully saturated rings. The van der Waals surface area contributed by atoms with Crippen LogP contribution in [0.1, 0.15) is 16.6 Å². The summed E-state index contributed by atoms with van der Waals surface area (Å²) >= 11 is 1.28. The molecule has 3 N–H and O–H groups in total. The average Bonchev–Trinajstić information content (AvgIpc) is 2.78. The number of carboxylic acid groups (broad SMARTS) is 1. The van der Waals surface area contributed by atoms with E-state index in [1.807, 2.05) is 24.3 Å². The van der Waals surface area contributed by atoms with Crippen molar-refractivity contribution >= 4 is 33.3 Å². The third kappa shape index (κ3) is 2.91. The van der Waals surface area contributed by atoms with Crippen LogP contribution in [-0.4, -0.2) is 34.2 Å². The summed E-state index contributed by atoms with van der Waals surface area (Å²) in [5, 5.41) is 21.5. The van der Waals surface area contributed by atoms with Crippen LogP contribution in [-0.2, 0) is 4.79 Å². The summed E-state index contributed by atoms with van der Waals surface area (Å²) in [6.07, 6.45) is -1.16. The number of hydrogen-bond donors (Lipinski definition) is 3. The second-order valence-corrected chi connectivity index (χ2v) is 5.26. The summed E-state index contributed by atoms with van der Waals surface area (Å²) in [7, 11) is 0. The Kier molecular flexibility index (Phi) is 3.82. The number of aliphatic hydroxyl groups excluding tert-OH is 1. The van der Waals surface area contributed by atoms with Crippen molar-refractivity contribution in [1.82, 2.24) is 5.32 Å². The van der Waals surface area contributed by atoms with Crippen molar-refractivity contribution in [2.75, 3.05) is 0 Å². The van der Waals surface area contributed by atoms with Gasteiger partial charge in [0.15, 0.2) is 6.04 Å². The lowest BCUT2D eigenvalue weighted by atomic mass is 10.2. The molecule has 2 unspecified atom stereocenters. The monoisotopic (exact) mass is 279 g/mol. The van der Waals surface area contributed by atoms with E-state index in [0.717, 1.165) is 10.1 Å². The normalized spacial score (nSPS) is 14.0. The van der Waals surface area contributed by atoms with E-state index in [2.05, 4.69) is 5.32 Å². The summed E-state index contributed by atoms with van der Waals surface area (Å²) in [5.74, 6) is -1.75. The van der Waals surface area contributed by atoms with Crippen LogP contribution < -0.4 is 5.32 Å². The third-order valence-electron chi connectivity index (χ3n) is 2.68. The highest BCUT2D eigenvalue weighted by atomic mass is 32.1. The first-order valence-electron chi connectivity index (χ1n) is 5.69. The number of carbonyl (C=O) groups excluding carboxylic acids is 1. The van der Waals surface area contributed by atoms with Gasteiger partial charge in [0.25, 0.3) is 5.91 Å². The van der Waals surface area contributed by atoms with Gasteiger partial charge in [-0.05, 0) is 24.4 Å². The Bertz CT molecular complexity index is 587. The molecule has 0 saturated carbocycles. The number of thiophene rings is 1. The van der Waals surface area contributed by atoms with Gasteiger partial charge in [-0.3, -0.25) is 4.79 Å². The maximum Gasteiger partial charge on any atom is 0.328 e. The SMILES string of the molecule is CC(O)C(NC(=O)c1cc2ccccc2s1)C(=O)O. The van der Waals surface area contributed by atoms with Crippen molar-refractivity contribution in [2.24, 2.45) is 0 Å². The number of nitrogens with one attached hydrogen (secondary N) is 1. The van der Waals surface area contributed by atoms with Crippen molar-refractivity contribution in [3.8, 4) is 0 Å². The summed E-state index contributed by atoms with van der Waals surface area (Å²) in [5.41, 5.74) is 0. The van der Waals surface area contributed by atoms with Crippen molar-refractivity contribution in [3.05, 3.63) is 35.2 Å². The molecule has 0 bridgehead atoms. The highest BCUT2D eigenvalue weighted by Gasteiger charge is 2.26. The fourth-order valence-corrected chi connectivity index (χ4v) is 2.66. The van der Waals surface area contributed by atoms with Gasteiger partial charge in [0.1, 0.15) is 0 Å². The van der Waals surface area contributed by atoms with Crippen LogP contribution in [0.15, 0.2) is 30.3 Å². The first kappa shape index (κ1) is 13.5. The molecule has 1 aromatic carbocycles. The molecule has 0 spiro atoms. The smallest absolute Gasteiger partial charge is 0.328 e. The van der Waals surface area contributed by atoms with E-state index in [-0.39, 0.29) is 0 Å². The van der Waals surface area contributed by atoms with Crippen LogP contribution in [0.4, 0.5) is 0 Å². The van der Waals surface area contributed by atoms with Gasteiger partial charge in [0.2, 0.25) is 0 Å². The van der Waals surface area contributed by atoms with Crippen molar-refractivity contribution in [1.29, 1.82) is 0 Å².